The fourth-order valence-corrected chi connectivity index (χ4v) is 2.91. The number of carbonyl (C=O) groups excluding carboxylic acids is 2. The zero-order valence-electron chi connectivity index (χ0n) is 15.4. The van der Waals surface area contributed by atoms with Gasteiger partial charge in [-0.25, -0.2) is 4.98 Å². The Morgan fingerprint density at radius 3 is 2.44 bits per heavy atom. The minimum atomic E-state index is -0.138. The van der Waals surface area contributed by atoms with Crippen molar-refractivity contribution in [2.75, 3.05) is 43.0 Å². The Hall–Kier alpha value is -3.09. The van der Waals surface area contributed by atoms with Gasteiger partial charge in [0.1, 0.15) is 11.6 Å². The van der Waals surface area contributed by atoms with Crippen molar-refractivity contribution >= 4 is 23.3 Å². The van der Waals surface area contributed by atoms with E-state index in [1.807, 2.05) is 41.3 Å². The molecule has 1 aliphatic heterocycles. The molecule has 1 aromatic carbocycles. The van der Waals surface area contributed by atoms with Crippen LogP contribution in [-0.2, 0) is 9.59 Å². The van der Waals surface area contributed by atoms with Crippen LogP contribution in [0.5, 0.6) is 5.75 Å². The minimum Gasteiger partial charge on any atom is -0.493 e. The van der Waals surface area contributed by atoms with Crippen LogP contribution in [0.4, 0.5) is 11.5 Å². The van der Waals surface area contributed by atoms with Crippen molar-refractivity contribution in [2.45, 2.75) is 13.3 Å². The Labute approximate surface area is 158 Å². The van der Waals surface area contributed by atoms with E-state index in [1.54, 1.807) is 19.2 Å². The SMILES string of the molecule is CC(=O)N1CCN(c2ccc(NC(=O)CCOc3ccccc3)nc2)CC1. The van der Waals surface area contributed by atoms with Crippen LogP contribution < -0.4 is 15.0 Å². The highest BCUT2D eigenvalue weighted by atomic mass is 16.5. The van der Waals surface area contributed by atoms with Gasteiger partial charge in [-0.3, -0.25) is 9.59 Å². The molecule has 1 N–H and O–H groups in total. The van der Waals surface area contributed by atoms with E-state index >= 15 is 0 Å². The Bertz CT molecular complexity index is 757. The van der Waals surface area contributed by atoms with Gasteiger partial charge in [-0.1, -0.05) is 18.2 Å². The Morgan fingerprint density at radius 1 is 1.07 bits per heavy atom. The molecule has 2 heterocycles. The highest BCUT2D eigenvalue weighted by molar-refractivity contribution is 5.89. The van der Waals surface area contributed by atoms with Gasteiger partial charge in [0.15, 0.2) is 0 Å². The second kappa shape index (κ2) is 9.02. The maximum Gasteiger partial charge on any atom is 0.228 e. The first-order chi connectivity index (χ1) is 13.1. The smallest absolute Gasteiger partial charge is 0.228 e. The van der Waals surface area contributed by atoms with E-state index in [9.17, 15) is 9.59 Å². The third-order valence-corrected chi connectivity index (χ3v) is 4.45. The van der Waals surface area contributed by atoms with Crippen molar-refractivity contribution in [3.05, 3.63) is 48.7 Å². The number of aromatic nitrogens is 1. The first-order valence-electron chi connectivity index (χ1n) is 9.06. The minimum absolute atomic E-state index is 0.113. The lowest BCUT2D eigenvalue weighted by atomic mass is 10.2. The van der Waals surface area contributed by atoms with Gasteiger partial charge >= 0.3 is 0 Å². The lowest BCUT2D eigenvalue weighted by Crippen LogP contribution is -2.48. The number of carbonyl (C=O) groups is 2. The second-order valence-electron chi connectivity index (χ2n) is 6.35. The number of piperazine rings is 1. The summed E-state index contributed by atoms with van der Waals surface area (Å²) in [6, 6.07) is 13.1. The third-order valence-electron chi connectivity index (χ3n) is 4.45. The first-order valence-corrected chi connectivity index (χ1v) is 9.06. The Morgan fingerprint density at radius 2 is 1.81 bits per heavy atom. The van der Waals surface area contributed by atoms with Gasteiger partial charge < -0.3 is 19.9 Å². The average molecular weight is 368 g/mol. The lowest BCUT2D eigenvalue weighted by Gasteiger charge is -2.35. The molecule has 1 saturated heterocycles. The van der Waals surface area contributed by atoms with E-state index < -0.39 is 0 Å². The molecule has 27 heavy (non-hydrogen) atoms. The molecule has 0 atom stereocenters. The summed E-state index contributed by atoms with van der Waals surface area (Å²) in [7, 11) is 0. The van der Waals surface area contributed by atoms with Crippen LogP contribution in [0.3, 0.4) is 0 Å². The predicted molar refractivity (Wildman–Crippen MR) is 104 cm³/mol. The predicted octanol–water partition coefficient (Wildman–Crippen LogP) is 2.16. The number of anilines is 2. The normalized spacial score (nSPS) is 14.0. The molecule has 1 fully saturated rings. The molecule has 2 aromatic rings. The monoisotopic (exact) mass is 368 g/mol. The number of rotatable bonds is 6. The van der Waals surface area contributed by atoms with Gasteiger partial charge in [-0.15, -0.1) is 0 Å². The number of benzene rings is 1. The van der Waals surface area contributed by atoms with E-state index in [0.717, 1.165) is 37.6 Å². The number of nitrogens with zero attached hydrogens (tertiary/aromatic N) is 3. The quantitative estimate of drug-likeness (QED) is 0.846. The molecule has 0 spiro atoms. The molecule has 7 heteroatoms. The van der Waals surface area contributed by atoms with Gasteiger partial charge in [0.2, 0.25) is 11.8 Å². The number of amides is 2. The number of ether oxygens (including phenoxy) is 1. The van der Waals surface area contributed by atoms with Crippen LogP contribution in [0, 0.1) is 0 Å². The van der Waals surface area contributed by atoms with E-state index in [1.165, 1.54) is 0 Å². The van der Waals surface area contributed by atoms with Crippen molar-refractivity contribution in [1.82, 2.24) is 9.88 Å². The number of hydrogen-bond donors (Lipinski definition) is 1. The summed E-state index contributed by atoms with van der Waals surface area (Å²) in [6.07, 6.45) is 2.00. The zero-order chi connectivity index (χ0) is 19.1. The van der Waals surface area contributed by atoms with E-state index in [0.29, 0.717) is 12.4 Å². The fraction of sp³-hybridized carbons (Fsp3) is 0.350. The van der Waals surface area contributed by atoms with E-state index in [4.69, 9.17) is 4.74 Å². The number of pyridine rings is 1. The largest absolute Gasteiger partial charge is 0.493 e. The Balaban J connectivity index is 1.43. The van der Waals surface area contributed by atoms with Crippen molar-refractivity contribution in [2.24, 2.45) is 0 Å². The summed E-state index contributed by atoms with van der Waals surface area (Å²) < 4.78 is 5.52. The molecule has 0 saturated carbocycles. The number of nitrogens with one attached hydrogen (secondary N) is 1. The van der Waals surface area contributed by atoms with Crippen molar-refractivity contribution in [3.63, 3.8) is 0 Å². The highest BCUT2D eigenvalue weighted by Crippen LogP contribution is 2.17. The van der Waals surface area contributed by atoms with Gasteiger partial charge in [-0.2, -0.15) is 0 Å². The summed E-state index contributed by atoms with van der Waals surface area (Å²) in [4.78, 5) is 31.7. The van der Waals surface area contributed by atoms with Gasteiger partial charge in [0.05, 0.1) is 24.9 Å². The molecule has 0 aliphatic carbocycles. The standard InChI is InChI=1S/C20H24N4O3/c1-16(25)23-10-12-24(13-11-23)17-7-8-19(21-15-17)22-20(26)9-14-27-18-5-3-2-4-6-18/h2-8,15H,9-14H2,1H3,(H,21,22,26). The van der Waals surface area contributed by atoms with Gasteiger partial charge in [-0.05, 0) is 24.3 Å². The van der Waals surface area contributed by atoms with Crippen LogP contribution in [0.1, 0.15) is 13.3 Å². The second-order valence-corrected chi connectivity index (χ2v) is 6.35. The summed E-state index contributed by atoms with van der Waals surface area (Å²) in [5.41, 5.74) is 0.989. The maximum absolute atomic E-state index is 12.0. The zero-order valence-corrected chi connectivity index (χ0v) is 15.4. The molecule has 3 rings (SSSR count). The molecule has 1 aromatic heterocycles. The molecule has 7 nitrogen and oxygen atoms in total. The molecular weight excluding hydrogens is 344 g/mol. The molecule has 0 unspecified atom stereocenters. The highest BCUT2D eigenvalue weighted by Gasteiger charge is 2.19. The maximum atomic E-state index is 12.0. The molecule has 0 radical (unpaired) electrons. The topological polar surface area (TPSA) is 74.8 Å². The average Bonchev–Trinajstić information content (AvgIpc) is 2.69. The third kappa shape index (κ3) is 5.44. The lowest BCUT2D eigenvalue weighted by molar-refractivity contribution is -0.129. The summed E-state index contributed by atoms with van der Waals surface area (Å²) in [6.45, 7) is 4.91. The molecular formula is C20H24N4O3. The van der Waals surface area contributed by atoms with Crippen molar-refractivity contribution in [3.8, 4) is 5.75 Å². The number of para-hydroxylation sites is 1. The van der Waals surface area contributed by atoms with E-state index in [-0.39, 0.29) is 18.2 Å². The van der Waals surface area contributed by atoms with Crippen molar-refractivity contribution < 1.29 is 14.3 Å². The summed E-state index contributed by atoms with van der Waals surface area (Å²) >= 11 is 0. The van der Waals surface area contributed by atoms with Crippen LogP contribution in [-0.4, -0.2) is 54.5 Å². The fourth-order valence-electron chi connectivity index (χ4n) is 2.91. The first kappa shape index (κ1) is 18.7. The molecule has 0 bridgehead atoms. The summed E-state index contributed by atoms with van der Waals surface area (Å²) in [5.74, 6) is 1.24. The van der Waals surface area contributed by atoms with Crippen LogP contribution in [0.2, 0.25) is 0 Å². The van der Waals surface area contributed by atoms with Gasteiger partial charge in [0, 0.05) is 33.1 Å². The van der Waals surface area contributed by atoms with Gasteiger partial charge in [0.25, 0.3) is 0 Å². The Kier molecular flexibility index (Phi) is 6.25. The number of hydrogen-bond acceptors (Lipinski definition) is 5. The van der Waals surface area contributed by atoms with Crippen molar-refractivity contribution in [1.29, 1.82) is 0 Å². The molecule has 142 valence electrons. The van der Waals surface area contributed by atoms with Crippen LogP contribution in [0.25, 0.3) is 0 Å². The van der Waals surface area contributed by atoms with Crippen LogP contribution >= 0.6 is 0 Å². The van der Waals surface area contributed by atoms with Crippen LogP contribution in [0.15, 0.2) is 48.7 Å². The molecule has 1 aliphatic rings. The summed E-state index contributed by atoms with van der Waals surface area (Å²) in [5, 5.41) is 2.78. The molecule has 2 amide bonds. The van der Waals surface area contributed by atoms with E-state index in [2.05, 4.69) is 15.2 Å².